The number of nitrogens with one attached hydrogen (secondary N) is 2. The molecule has 0 radical (unpaired) electrons. The number of rotatable bonds is 7. The van der Waals surface area contributed by atoms with Gasteiger partial charge in [-0.3, -0.25) is 9.89 Å². The minimum Gasteiger partial charge on any atom is -0.357 e. The van der Waals surface area contributed by atoms with Gasteiger partial charge >= 0.3 is 0 Å². The van der Waals surface area contributed by atoms with Crippen LogP contribution in [-0.4, -0.2) is 70.1 Å². The summed E-state index contributed by atoms with van der Waals surface area (Å²) >= 11 is 0. The van der Waals surface area contributed by atoms with Crippen molar-refractivity contribution in [3.8, 4) is 0 Å². The van der Waals surface area contributed by atoms with E-state index in [1.54, 1.807) is 0 Å². The Bertz CT molecular complexity index is 688. The Morgan fingerprint density at radius 2 is 1.74 bits per heavy atom. The molecule has 2 N–H and O–H groups in total. The van der Waals surface area contributed by atoms with E-state index in [-0.39, 0.29) is 35.5 Å². The van der Waals surface area contributed by atoms with Crippen LogP contribution in [0.5, 0.6) is 0 Å². The van der Waals surface area contributed by atoms with Crippen LogP contribution in [0.1, 0.15) is 23.6 Å². The molecule has 0 unspecified atom stereocenters. The van der Waals surface area contributed by atoms with Gasteiger partial charge in [-0.05, 0) is 32.8 Å². The zero-order valence-electron chi connectivity index (χ0n) is 16.6. The molecule has 1 aromatic rings. The highest BCUT2D eigenvalue weighted by atomic mass is 127. The summed E-state index contributed by atoms with van der Waals surface area (Å²) in [6, 6.07) is 6.64. The van der Waals surface area contributed by atoms with E-state index < -0.39 is 9.84 Å². The summed E-state index contributed by atoms with van der Waals surface area (Å²) in [5.74, 6) is 1.36. The molecule has 0 amide bonds. The topological polar surface area (TPSA) is 73.8 Å². The number of aliphatic imine (C=N–C) groups is 1. The van der Waals surface area contributed by atoms with Crippen LogP contribution in [0.2, 0.25) is 0 Å². The molecule has 0 aliphatic carbocycles. The smallest absolute Gasteiger partial charge is 0.191 e. The lowest BCUT2D eigenvalue weighted by Crippen LogP contribution is -2.42. The maximum atomic E-state index is 11.5. The van der Waals surface area contributed by atoms with Crippen molar-refractivity contribution < 1.29 is 8.42 Å². The van der Waals surface area contributed by atoms with Crippen molar-refractivity contribution in [2.75, 3.05) is 50.8 Å². The molecule has 1 aliphatic rings. The van der Waals surface area contributed by atoms with E-state index in [4.69, 9.17) is 0 Å². The minimum absolute atomic E-state index is 0. The third-order valence-electron chi connectivity index (χ3n) is 4.46. The fraction of sp³-hybridized carbons (Fsp3) is 0.632. The van der Waals surface area contributed by atoms with Crippen LogP contribution >= 0.6 is 24.0 Å². The molecule has 0 atom stereocenters. The Morgan fingerprint density at radius 1 is 1.11 bits per heavy atom. The summed E-state index contributed by atoms with van der Waals surface area (Å²) in [6.07, 6.45) is 0.955. The van der Waals surface area contributed by atoms with E-state index in [9.17, 15) is 8.42 Å². The molecule has 1 fully saturated rings. The van der Waals surface area contributed by atoms with Crippen molar-refractivity contribution in [1.29, 1.82) is 0 Å². The third-order valence-corrected chi connectivity index (χ3v) is 6.06. The van der Waals surface area contributed by atoms with E-state index in [2.05, 4.69) is 59.5 Å². The van der Waals surface area contributed by atoms with Gasteiger partial charge < -0.3 is 10.6 Å². The first-order valence-electron chi connectivity index (χ1n) is 9.40. The van der Waals surface area contributed by atoms with Gasteiger partial charge in [0.2, 0.25) is 0 Å². The third kappa shape index (κ3) is 9.25. The number of hydrogen-bond acceptors (Lipinski definition) is 4. The summed E-state index contributed by atoms with van der Waals surface area (Å²) in [4.78, 5) is 6.78. The van der Waals surface area contributed by atoms with Gasteiger partial charge in [0, 0.05) is 32.7 Å². The Hall–Kier alpha value is -0.870. The molecular formula is C19H33IN4O2S. The molecule has 0 bridgehead atoms. The van der Waals surface area contributed by atoms with E-state index >= 15 is 0 Å². The van der Waals surface area contributed by atoms with Crippen LogP contribution in [-0.2, 0) is 16.3 Å². The Labute approximate surface area is 181 Å². The second kappa shape index (κ2) is 11.9. The van der Waals surface area contributed by atoms with Crippen molar-refractivity contribution >= 4 is 39.8 Å². The standard InChI is InChI=1S/C19H32N4O2S.HI/c1-4-20-19(21-6-5-18-14-16(2)13-17(3)15-18)22-7-8-23-9-11-26(24,25)12-10-23;/h13-15H,4-12H2,1-3H3,(H2,20,21,22);1H. The number of nitrogens with zero attached hydrogens (tertiary/aromatic N) is 2. The number of aryl methyl sites for hydroxylation is 2. The summed E-state index contributed by atoms with van der Waals surface area (Å²) in [7, 11) is -2.81. The average Bonchev–Trinajstić information content (AvgIpc) is 2.55. The molecule has 154 valence electrons. The highest BCUT2D eigenvalue weighted by molar-refractivity contribution is 14.0. The second-order valence-electron chi connectivity index (χ2n) is 6.93. The van der Waals surface area contributed by atoms with Crippen LogP contribution < -0.4 is 10.6 Å². The fourth-order valence-electron chi connectivity index (χ4n) is 3.16. The number of hydrogen-bond donors (Lipinski definition) is 2. The largest absolute Gasteiger partial charge is 0.357 e. The molecule has 0 aromatic heterocycles. The molecular weight excluding hydrogens is 475 g/mol. The predicted octanol–water partition coefficient (Wildman–Crippen LogP) is 1.75. The Balaban J connectivity index is 0.00000364. The predicted molar refractivity (Wildman–Crippen MR) is 124 cm³/mol. The zero-order valence-corrected chi connectivity index (χ0v) is 19.8. The Morgan fingerprint density at radius 3 is 2.33 bits per heavy atom. The van der Waals surface area contributed by atoms with Crippen LogP contribution in [0.25, 0.3) is 0 Å². The average molecular weight is 508 g/mol. The molecule has 1 aromatic carbocycles. The minimum atomic E-state index is -2.81. The van der Waals surface area contributed by atoms with Crippen molar-refractivity contribution in [3.63, 3.8) is 0 Å². The van der Waals surface area contributed by atoms with Crippen LogP contribution in [0.3, 0.4) is 0 Å². The normalized spacial score (nSPS) is 17.2. The van der Waals surface area contributed by atoms with E-state index in [0.29, 0.717) is 19.6 Å². The first kappa shape index (κ1) is 24.2. The molecule has 6 nitrogen and oxygen atoms in total. The molecule has 0 saturated carbocycles. The van der Waals surface area contributed by atoms with E-state index in [1.165, 1.54) is 16.7 Å². The first-order chi connectivity index (χ1) is 12.4. The first-order valence-corrected chi connectivity index (χ1v) is 11.2. The molecule has 0 spiro atoms. The van der Waals surface area contributed by atoms with Gasteiger partial charge in [0.05, 0.1) is 18.1 Å². The van der Waals surface area contributed by atoms with E-state index in [0.717, 1.165) is 32.0 Å². The molecule has 1 aliphatic heterocycles. The van der Waals surface area contributed by atoms with Crippen molar-refractivity contribution in [2.24, 2.45) is 4.99 Å². The molecule has 2 rings (SSSR count). The zero-order chi connectivity index (χ0) is 19.0. The quantitative estimate of drug-likeness (QED) is 0.334. The number of halogens is 1. The number of sulfone groups is 1. The van der Waals surface area contributed by atoms with Gasteiger partial charge in [-0.2, -0.15) is 0 Å². The van der Waals surface area contributed by atoms with Gasteiger partial charge in [-0.1, -0.05) is 29.3 Å². The lowest BCUT2D eigenvalue weighted by Gasteiger charge is -2.25. The monoisotopic (exact) mass is 508 g/mol. The molecule has 1 saturated heterocycles. The van der Waals surface area contributed by atoms with Gasteiger partial charge in [-0.25, -0.2) is 8.42 Å². The highest BCUT2D eigenvalue weighted by Crippen LogP contribution is 2.09. The van der Waals surface area contributed by atoms with Crippen LogP contribution in [0.4, 0.5) is 0 Å². The second-order valence-corrected chi connectivity index (χ2v) is 9.23. The number of guanidine groups is 1. The summed E-state index contributed by atoms with van der Waals surface area (Å²) in [5.41, 5.74) is 3.92. The fourth-order valence-corrected chi connectivity index (χ4v) is 4.43. The SMILES string of the molecule is CCNC(=NCCN1CCS(=O)(=O)CC1)NCCc1cc(C)cc(C)c1.I. The number of benzene rings is 1. The van der Waals surface area contributed by atoms with E-state index in [1.807, 2.05) is 0 Å². The molecule has 1 heterocycles. The molecule has 8 heteroatoms. The van der Waals surface area contributed by atoms with Crippen molar-refractivity contribution in [3.05, 3.63) is 34.9 Å². The van der Waals surface area contributed by atoms with Gasteiger partial charge in [0.15, 0.2) is 15.8 Å². The summed E-state index contributed by atoms with van der Waals surface area (Å²) in [6.45, 7) is 10.7. The van der Waals surface area contributed by atoms with Gasteiger partial charge in [0.1, 0.15) is 0 Å². The lowest BCUT2D eigenvalue weighted by atomic mass is 10.1. The highest BCUT2D eigenvalue weighted by Gasteiger charge is 2.20. The summed E-state index contributed by atoms with van der Waals surface area (Å²) < 4.78 is 22.9. The molecule has 27 heavy (non-hydrogen) atoms. The van der Waals surface area contributed by atoms with Crippen molar-refractivity contribution in [2.45, 2.75) is 27.2 Å². The maximum absolute atomic E-state index is 11.5. The van der Waals surface area contributed by atoms with Crippen LogP contribution in [0.15, 0.2) is 23.2 Å². The van der Waals surface area contributed by atoms with Gasteiger partial charge in [-0.15, -0.1) is 24.0 Å². The Kier molecular flexibility index (Phi) is 10.6. The maximum Gasteiger partial charge on any atom is 0.191 e. The van der Waals surface area contributed by atoms with Gasteiger partial charge in [0.25, 0.3) is 0 Å². The van der Waals surface area contributed by atoms with Crippen LogP contribution in [0, 0.1) is 13.8 Å². The summed E-state index contributed by atoms with van der Waals surface area (Å²) in [5, 5.41) is 6.65. The van der Waals surface area contributed by atoms with Crippen molar-refractivity contribution in [1.82, 2.24) is 15.5 Å². The lowest BCUT2D eigenvalue weighted by molar-refractivity contribution is 0.304.